The van der Waals surface area contributed by atoms with Gasteiger partial charge in [-0.15, -0.1) is 0 Å². The molecule has 0 aliphatic rings. The lowest BCUT2D eigenvalue weighted by atomic mass is 10.1. The van der Waals surface area contributed by atoms with Crippen molar-refractivity contribution in [3.63, 3.8) is 0 Å². The van der Waals surface area contributed by atoms with Gasteiger partial charge in [0.1, 0.15) is 5.78 Å². The van der Waals surface area contributed by atoms with E-state index in [0.717, 1.165) is 10.4 Å². The largest absolute Gasteiger partial charge is 0.300 e. The third-order valence-corrected chi connectivity index (χ3v) is 2.13. The van der Waals surface area contributed by atoms with Crippen LogP contribution in [-0.4, -0.2) is 10.6 Å². The van der Waals surface area contributed by atoms with Gasteiger partial charge in [-0.05, 0) is 19.4 Å². The van der Waals surface area contributed by atoms with Gasteiger partial charge in [0, 0.05) is 11.3 Å². The quantitative estimate of drug-likeness (QED) is 0.541. The summed E-state index contributed by atoms with van der Waals surface area (Å²) in [6.07, 6.45) is 0.374. The van der Waals surface area contributed by atoms with E-state index in [0.29, 0.717) is 6.42 Å². The molecule has 0 atom stereocenters. The van der Waals surface area contributed by atoms with Crippen molar-refractivity contribution >= 4 is 22.9 Å². The van der Waals surface area contributed by atoms with Gasteiger partial charge in [-0.25, -0.2) is 0 Å². The highest BCUT2D eigenvalue weighted by atomic mass is 32.1. The molecule has 0 N–H and O–H groups in total. The number of ketones is 1. The molecule has 2 heteroatoms. The fraction of sp³-hybridized carbons (Fsp3) is 0.273. The van der Waals surface area contributed by atoms with E-state index < -0.39 is 0 Å². The molecule has 0 aliphatic carbocycles. The zero-order chi connectivity index (χ0) is 9.84. The van der Waals surface area contributed by atoms with Gasteiger partial charge in [-0.1, -0.05) is 42.0 Å². The van der Waals surface area contributed by atoms with Gasteiger partial charge in [0.2, 0.25) is 0 Å². The fourth-order valence-corrected chi connectivity index (χ4v) is 1.48. The Morgan fingerprint density at radius 1 is 1.46 bits per heavy atom. The van der Waals surface area contributed by atoms with E-state index in [2.05, 4.69) is 0 Å². The Morgan fingerprint density at radius 3 is 2.69 bits per heavy atom. The minimum Gasteiger partial charge on any atom is -0.300 e. The lowest BCUT2D eigenvalue weighted by Gasteiger charge is -2.02. The van der Waals surface area contributed by atoms with Crippen LogP contribution in [0.3, 0.4) is 0 Å². The maximum atomic E-state index is 10.8. The van der Waals surface area contributed by atoms with Crippen molar-refractivity contribution in [2.45, 2.75) is 20.3 Å². The maximum absolute atomic E-state index is 10.8. The molecule has 0 unspecified atom stereocenters. The SMILES string of the molecule is CC(=O)CC(=S)c1cccc(C)c1. The van der Waals surface area contributed by atoms with Crippen molar-refractivity contribution < 1.29 is 4.79 Å². The van der Waals surface area contributed by atoms with Crippen molar-refractivity contribution in [3.8, 4) is 0 Å². The zero-order valence-corrected chi connectivity index (χ0v) is 8.65. The summed E-state index contributed by atoms with van der Waals surface area (Å²) in [7, 11) is 0. The number of hydrogen-bond acceptors (Lipinski definition) is 2. The molecule has 0 aromatic heterocycles. The smallest absolute Gasteiger partial charge is 0.135 e. The Kier molecular flexibility index (Phi) is 3.32. The molecule has 1 aromatic carbocycles. The zero-order valence-electron chi connectivity index (χ0n) is 7.83. The van der Waals surface area contributed by atoms with E-state index in [-0.39, 0.29) is 5.78 Å². The summed E-state index contributed by atoms with van der Waals surface area (Å²) in [5.41, 5.74) is 2.16. The number of hydrogen-bond donors (Lipinski definition) is 0. The summed E-state index contributed by atoms with van der Waals surface area (Å²) in [5.74, 6) is 0.117. The molecule has 0 saturated heterocycles. The predicted molar refractivity (Wildman–Crippen MR) is 58.2 cm³/mol. The first-order valence-corrected chi connectivity index (χ1v) is 4.59. The maximum Gasteiger partial charge on any atom is 0.135 e. The van der Waals surface area contributed by atoms with Crippen LogP contribution in [0.4, 0.5) is 0 Å². The van der Waals surface area contributed by atoms with Gasteiger partial charge in [0.15, 0.2) is 0 Å². The number of carbonyl (C=O) groups is 1. The lowest BCUT2D eigenvalue weighted by Crippen LogP contribution is -2.03. The lowest BCUT2D eigenvalue weighted by molar-refractivity contribution is -0.115. The average molecular weight is 192 g/mol. The highest BCUT2D eigenvalue weighted by molar-refractivity contribution is 7.80. The first-order valence-electron chi connectivity index (χ1n) is 4.19. The van der Waals surface area contributed by atoms with Crippen LogP contribution in [0.1, 0.15) is 24.5 Å². The van der Waals surface area contributed by atoms with E-state index in [1.54, 1.807) is 6.92 Å². The summed E-state index contributed by atoms with van der Waals surface area (Å²) in [4.78, 5) is 11.6. The topological polar surface area (TPSA) is 17.1 Å². The van der Waals surface area contributed by atoms with Crippen molar-refractivity contribution in [2.24, 2.45) is 0 Å². The Hall–Kier alpha value is -1.02. The molecule has 1 nitrogen and oxygen atoms in total. The van der Waals surface area contributed by atoms with E-state index in [1.807, 2.05) is 31.2 Å². The van der Waals surface area contributed by atoms with Crippen LogP contribution < -0.4 is 0 Å². The summed E-state index contributed by atoms with van der Waals surface area (Å²) < 4.78 is 0. The van der Waals surface area contributed by atoms with Gasteiger partial charge < -0.3 is 0 Å². The van der Waals surface area contributed by atoms with Gasteiger partial charge >= 0.3 is 0 Å². The molecular weight excluding hydrogens is 180 g/mol. The third-order valence-electron chi connectivity index (χ3n) is 1.75. The Bertz CT molecular complexity index is 342. The normalized spacial score (nSPS) is 9.69. The summed E-state index contributed by atoms with van der Waals surface area (Å²) in [5, 5.41) is 0. The molecule has 68 valence electrons. The molecule has 0 aliphatic heterocycles. The number of rotatable bonds is 3. The molecule has 0 fully saturated rings. The molecule has 1 rings (SSSR count). The van der Waals surface area contributed by atoms with Gasteiger partial charge in [0.05, 0.1) is 0 Å². The standard InChI is InChI=1S/C11H12OS/c1-8-4-3-5-10(6-8)11(13)7-9(2)12/h3-6H,7H2,1-2H3. The predicted octanol–water partition coefficient (Wildman–Crippen LogP) is 2.69. The van der Waals surface area contributed by atoms with Gasteiger partial charge in [-0.2, -0.15) is 0 Å². The second-order valence-electron chi connectivity index (χ2n) is 3.17. The monoisotopic (exact) mass is 192 g/mol. The average Bonchev–Trinajstić information content (AvgIpc) is 2.03. The van der Waals surface area contributed by atoms with Crippen molar-refractivity contribution in [1.82, 2.24) is 0 Å². The second-order valence-corrected chi connectivity index (χ2v) is 3.66. The third kappa shape index (κ3) is 3.07. The van der Waals surface area contributed by atoms with Crippen LogP contribution in [0, 0.1) is 6.92 Å². The minimum atomic E-state index is 0.117. The Morgan fingerprint density at radius 2 is 2.15 bits per heavy atom. The minimum absolute atomic E-state index is 0.117. The number of benzene rings is 1. The van der Waals surface area contributed by atoms with Crippen LogP contribution in [0.2, 0.25) is 0 Å². The Labute approximate surface area is 83.8 Å². The van der Waals surface area contributed by atoms with Crippen LogP contribution >= 0.6 is 12.2 Å². The highest BCUT2D eigenvalue weighted by Gasteiger charge is 2.03. The van der Waals surface area contributed by atoms with E-state index in [9.17, 15) is 4.79 Å². The number of Topliss-reactive ketones (excluding diaryl/α,β-unsaturated/α-hetero) is 1. The molecule has 0 radical (unpaired) electrons. The fourth-order valence-electron chi connectivity index (χ4n) is 1.15. The molecule has 0 spiro atoms. The molecule has 0 bridgehead atoms. The summed E-state index contributed by atoms with van der Waals surface area (Å²) in [6, 6.07) is 7.92. The molecule has 0 saturated carbocycles. The number of carbonyl (C=O) groups excluding carboxylic acids is 1. The van der Waals surface area contributed by atoms with Crippen LogP contribution in [-0.2, 0) is 4.79 Å². The van der Waals surface area contributed by atoms with E-state index >= 15 is 0 Å². The van der Waals surface area contributed by atoms with Crippen LogP contribution in [0.15, 0.2) is 24.3 Å². The first kappa shape index (κ1) is 10.1. The molecule has 13 heavy (non-hydrogen) atoms. The number of aryl methyl sites for hydroxylation is 1. The van der Waals surface area contributed by atoms with Crippen molar-refractivity contribution in [2.75, 3.05) is 0 Å². The highest BCUT2D eigenvalue weighted by Crippen LogP contribution is 2.08. The molecule has 0 amide bonds. The summed E-state index contributed by atoms with van der Waals surface area (Å²) in [6.45, 7) is 3.57. The first-order chi connectivity index (χ1) is 6.09. The summed E-state index contributed by atoms with van der Waals surface area (Å²) >= 11 is 5.14. The van der Waals surface area contributed by atoms with E-state index in [4.69, 9.17) is 12.2 Å². The Balaban J connectivity index is 2.83. The van der Waals surface area contributed by atoms with E-state index in [1.165, 1.54) is 5.56 Å². The van der Waals surface area contributed by atoms with Crippen LogP contribution in [0.25, 0.3) is 0 Å². The van der Waals surface area contributed by atoms with Crippen LogP contribution in [0.5, 0.6) is 0 Å². The second kappa shape index (κ2) is 4.28. The van der Waals surface area contributed by atoms with Gasteiger partial charge in [0.25, 0.3) is 0 Å². The number of thiocarbonyl (C=S) groups is 1. The molecule has 1 aromatic rings. The molecular formula is C11H12OS. The van der Waals surface area contributed by atoms with Gasteiger partial charge in [-0.3, -0.25) is 4.79 Å². The van der Waals surface area contributed by atoms with Crippen molar-refractivity contribution in [1.29, 1.82) is 0 Å². The molecule has 0 heterocycles. The van der Waals surface area contributed by atoms with Crippen molar-refractivity contribution in [3.05, 3.63) is 35.4 Å².